The molecule has 1 aromatic carbocycles. The Labute approximate surface area is 108 Å². The minimum Gasteiger partial charge on any atom is -0.477 e. The Morgan fingerprint density at radius 2 is 2.00 bits per heavy atom. The lowest BCUT2D eigenvalue weighted by Crippen LogP contribution is -2.27. The quantitative estimate of drug-likeness (QED) is 0.719. The zero-order valence-corrected chi connectivity index (χ0v) is 9.83. The molecule has 0 fully saturated rings. The minimum atomic E-state index is -1.22. The predicted molar refractivity (Wildman–Crippen MR) is 68.1 cm³/mol. The second kappa shape index (κ2) is 5.63. The number of benzene rings is 1. The summed E-state index contributed by atoms with van der Waals surface area (Å²) in [6.45, 7) is 0. The number of carboxylic acids is 1. The molecule has 2 rings (SSSR count). The summed E-state index contributed by atoms with van der Waals surface area (Å²) < 4.78 is 0. The number of nitrogens with one attached hydrogen (secondary N) is 2. The van der Waals surface area contributed by atoms with Gasteiger partial charge in [-0.1, -0.05) is 18.2 Å². The van der Waals surface area contributed by atoms with Gasteiger partial charge < -0.3 is 15.4 Å². The number of carbonyl (C=O) groups is 2. The molecule has 1 amide bonds. The largest absolute Gasteiger partial charge is 0.477 e. The van der Waals surface area contributed by atoms with E-state index in [1.165, 1.54) is 18.6 Å². The van der Waals surface area contributed by atoms with E-state index in [0.717, 1.165) is 0 Å². The van der Waals surface area contributed by atoms with Crippen LogP contribution in [0, 0.1) is 0 Å². The summed E-state index contributed by atoms with van der Waals surface area (Å²) in [6.07, 6.45) is 4.18. The van der Waals surface area contributed by atoms with E-state index < -0.39 is 11.9 Å². The van der Waals surface area contributed by atoms with Crippen LogP contribution in [-0.2, 0) is 4.79 Å². The molecule has 1 heterocycles. The number of carbonyl (C=O) groups excluding carboxylic acids is 1. The number of nitrogens with zero attached hydrogens (tertiary/aromatic N) is 1. The molecule has 0 saturated heterocycles. The Morgan fingerprint density at radius 3 is 2.58 bits per heavy atom. The lowest BCUT2D eigenvalue weighted by molar-refractivity contribution is -0.132. The molecule has 2 aromatic rings. The Balaban J connectivity index is 2.19. The number of rotatable bonds is 4. The van der Waals surface area contributed by atoms with Crippen LogP contribution in [0.2, 0.25) is 0 Å². The number of hydrogen-bond donors (Lipinski definition) is 3. The Hall–Kier alpha value is -2.89. The zero-order valence-electron chi connectivity index (χ0n) is 9.83. The normalized spacial score (nSPS) is 11.1. The molecule has 0 bridgehead atoms. The summed E-state index contributed by atoms with van der Waals surface area (Å²) >= 11 is 0. The van der Waals surface area contributed by atoms with E-state index in [2.05, 4.69) is 15.3 Å². The third-order valence-corrected chi connectivity index (χ3v) is 2.33. The SMILES string of the molecule is O=C(O)C(=Cc1cnc[nH]1)NC(=O)c1ccccc1. The Morgan fingerprint density at radius 1 is 1.26 bits per heavy atom. The second-order valence-electron chi connectivity index (χ2n) is 3.69. The molecule has 3 N–H and O–H groups in total. The van der Waals surface area contributed by atoms with Crippen LogP contribution in [0.5, 0.6) is 0 Å². The van der Waals surface area contributed by atoms with Crippen LogP contribution in [0.25, 0.3) is 6.08 Å². The van der Waals surface area contributed by atoms with Gasteiger partial charge in [0.2, 0.25) is 0 Å². The summed E-state index contributed by atoms with van der Waals surface area (Å²) in [5.74, 6) is -1.70. The fourth-order valence-electron chi connectivity index (χ4n) is 1.44. The first-order valence-electron chi connectivity index (χ1n) is 5.46. The number of amides is 1. The van der Waals surface area contributed by atoms with Crippen molar-refractivity contribution >= 4 is 18.0 Å². The van der Waals surface area contributed by atoms with Crippen molar-refractivity contribution in [2.45, 2.75) is 0 Å². The first-order chi connectivity index (χ1) is 9.16. The van der Waals surface area contributed by atoms with Crippen LogP contribution in [-0.4, -0.2) is 27.0 Å². The smallest absolute Gasteiger partial charge is 0.352 e. The van der Waals surface area contributed by atoms with Gasteiger partial charge in [-0.3, -0.25) is 4.79 Å². The predicted octanol–water partition coefficient (Wildman–Crippen LogP) is 1.27. The maximum absolute atomic E-state index is 11.8. The van der Waals surface area contributed by atoms with Crippen LogP contribution in [0.3, 0.4) is 0 Å². The van der Waals surface area contributed by atoms with Gasteiger partial charge in [-0.25, -0.2) is 9.78 Å². The Kier molecular flexibility index (Phi) is 3.72. The molecule has 6 nitrogen and oxygen atoms in total. The highest BCUT2D eigenvalue weighted by molar-refractivity contribution is 6.02. The molecule has 0 atom stereocenters. The third-order valence-electron chi connectivity index (χ3n) is 2.33. The molecule has 0 radical (unpaired) electrons. The van der Waals surface area contributed by atoms with Crippen molar-refractivity contribution in [3.8, 4) is 0 Å². The average Bonchev–Trinajstić information content (AvgIpc) is 2.91. The fraction of sp³-hybridized carbons (Fsp3) is 0. The number of aromatic nitrogens is 2. The van der Waals surface area contributed by atoms with Crippen LogP contribution >= 0.6 is 0 Å². The molecule has 6 heteroatoms. The number of aromatic amines is 1. The fourth-order valence-corrected chi connectivity index (χ4v) is 1.44. The number of hydrogen-bond acceptors (Lipinski definition) is 3. The van der Waals surface area contributed by atoms with E-state index in [9.17, 15) is 9.59 Å². The van der Waals surface area contributed by atoms with E-state index in [-0.39, 0.29) is 5.70 Å². The lowest BCUT2D eigenvalue weighted by Gasteiger charge is -2.05. The molecule has 0 unspecified atom stereocenters. The van der Waals surface area contributed by atoms with Crippen molar-refractivity contribution < 1.29 is 14.7 Å². The van der Waals surface area contributed by atoms with Gasteiger partial charge in [0.05, 0.1) is 18.2 Å². The number of aliphatic carboxylic acids is 1. The highest BCUT2D eigenvalue weighted by Gasteiger charge is 2.13. The van der Waals surface area contributed by atoms with Crippen molar-refractivity contribution in [3.05, 3.63) is 59.8 Å². The Bertz CT molecular complexity index is 603. The molecular weight excluding hydrogens is 246 g/mol. The van der Waals surface area contributed by atoms with Crippen molar-refractivity contribution in [1.82, 2.24) is 15.3 Å². The molecule has 0 spiro atoms. The van der Waals surface area contributed by atoms with Gasteiger partial charge >= 0.3 is 5.97 Å². The topological polar surface area (TPSA) is 95.1 Å². The van der Waals surface area contributed by atoms with Gasteiger partial charge in [-0.05, 0) is 18.2 Å². The molecule has 0 aliphatic carbocycles. The van der Waals surface area contributed by atoms with E-state index in [4.69, 9.17) is 5.11 Å². The lowest BCUT2D eigenvalue weighted by atomic mass is 10.2. The van der Waals surface area contributed by atoms with E-state index in [0.29, 0.717) is 11.3 Å². The average molecular weight is 257 g/mol. The monoisotopic (exact) mass is 257 g/mol. The second-order valence-corrected chi connectivity index (χ2v) is 3.69. The summed E-state index contributed by atoms with van der Waals surface area (Å²) in [5.41, 5.74) is 0.656. The zero-order chi connectivity index (χ0) is 13.7. The van der Waals surface area contributed by atoms with Crippen molar-refractivity contribution in [2.24, 2.45) is 0 Å². The van der Waals surface area contributed by atoms with E-state index in [1.807, 2.05) is 0 Å². The summed E-state index contributed by atoms with van der Waals surface area (Å²) in [6, 6.07) is 8.38. The van der Waals surface area contributed by atoms with Gasteiger partial charge in [0.1, 0.15) is 5.70 Å². The maximum atomic E-state index is 11.8. The number of H-pyrrole nitrogens is 1. The van der Waals surface area contributed by atoms with Crippen molar-refractivity contribution in [1.29, 1.82) is 0 Å². The van der Waals surface area contributed by atoms with E-state index >= 15 is 0 Å². The summed E-state index contributed by atoms with van der Waals surface area (Å²) in [4.78, 5) is 29.4. The van der Waals surface area contributed by atoms with Gasteiger partial charge in [0.25, 0.3) is 5.91 Å². The molecular formula is C13H11N3O3. The number of carboxylic acid groups (broad SMARTS) is 1. The molecule has 19 heavy (non-hydrogen) atoms. The van der Waals surface area contributed by atoms with Crippen LogP contribution in [0.1, 0.15) is 16.1 Å². The van der Waals surface area contributed by atoms with Crippen LogP contribution < -0.4 is 5.32 Å². The first kappa shape index (κ1) is 12.6. The first-order valence-corrected chi connectivity index (χ1v) is 5.46. The molecule has 96 valence electrons. The van der Waals surface area contributed by atoms with Gasteiger partial charge in [-0.2, -0.15) is 0 Å². The highest BCUT2D eigenvalue weighted by Crippen LogP contribution is 2.04. The van der Waals surface area contributed by atoms with Crippen molar-refractivity contribution in [3.63, 3.8) is 0 Å². The van der Waals surface area contributed by atoms with Gasteiger partial charge in [0, 0.05) is 5.56 Å². The van der Waals surface area contributed by atoms with Gasteiger partial charge in [-0.15, -0.1) is 0 Å². The summed E-state index contributed by atoms with van der Waals surface area (Å²) in [7, 11) is 0. The minimum absolute atomic E-state index is 0.224. The van der Waals surface area contributed by atoms with Crippen LogP contribution in [0.15, 0.2) is 48.6 Å². The maximum Gasteiger partial charge on any atom is 0.352 e. The summed E-state index contributed by atoms with van der Waals surface area (Å²) in [5, 5.41) is 11.4. The third kappa shape index (κ3) is 3.29. The van der Waals surface area contributed by atoms with Crippen LogP contribution in [0.4, 0.5) is 0 Å². The van der Waals surface area contributed by atoms with Gasteiger partial charge in [0.15, 0.2) is 0 Å². The molecule has 1 aromatic heterocycles. The standard InChI is InChI=1S/C13H11N3O3/c17-12(9-4-2-1-3-5-9)16-11(13(18)19)6-10-7-14-8-15-10/h1-8H,(H,14,15)(H,16,17)(H,18,19). The van der Waals surface area contributed by atoms with Crippen molar-refractivity contribution in [2.75, 3.05) is 0 Å². The number of imidazole rings is 1. The van der Waals surface area contributed by atoms with E-state index in [1.54, 1.807) is 30.3 Å². The molecule has 0 aliphatic rings. The molecule has 0 aliphatic heterocycles. The molecule has 0 saturated carbocycles. The highest BCUT2D eigenvalue weighted by atomic mass is 16.4.